The zero-order valence-electron chi connectivity index (χ0n) is 12.9. The van der Waals surface area contributed by atoms with E-state index in [1.807, 2.05) is 60.8 Å². The maximum atomic E-state index is 12.5. The van der Waals surface area contributed by atoms with Gasteiger partial charge in [-0.25, -0.2) is 4.98 Å². The van der Waals surface area contributed by atoms with Crippen LogP contribution >= 0.6 is 11.3 Å². The number of nitrogens with one attached hydrogen (secondary N) is 1. The maximum absolute atomic E-state index is 12.5. The van der Waals surface area contributed by atoms with Crippen molar-refractivity contribution < 1.29 is 9.21 Å². The molecule has 0 radical (unpaired) electrons. The predicted octanol–water partition coefficient (Wildman–Crippen LogP) is 5.12. The van der Waals surface area contributed by atoms with Crippen molar-refractivity contribution in [1.82, 2.24) is 4.98 Å². The SMILES string of the molecule is Cc1nc(-c2ccccc2NC(=O)c2cc3ccccc3o2)cs1. The predicted molar refractivity (Wildman–Crippen MR) is 96.5 cm³/mol. The van der Waals surface area contributed by atoms with E-state index in [4.69, 9.17) is 4.42 Å². The summed E-state index contributed by atoms with van der Waals surface area (Å²) in [4.78, 5) is 17.0. The van der Waals surface area contributed by atoms with Crippen molar-refractivity contribution >= 4 is 33.9 Å². The number of hydrogen-bond acceptors (Lipinski definition) is 4. The van der Waals surface area contributed by atoms with Gasteiger partial charge in [0, 0.05) is 16.3 Å². The molecular formula is C19H14N2O2S. The minimum absolute atomic E-state index is 0.273. The maximum Gasteiger partial charge on any atom is 0.291 e. The Hall–Kier alpha value is -2.92. The van der Waals surface area contributed by atoms with Gasteiger partial charge in [0.2, 0.25) is 0 Å². The monoisotopic (exact) mass is 334 g/mol. The Balaban J connectivity index is 1.66. The third-order valence-electron chi connectivity index (χ3n) is 3.72. The minimum Gasteiger partial charge on any atom is -0.451 e. The lowest BCUT2D eigenvalue weighted by atomic mass is 10.1. The van der Waals surface area contributed by atoms with Crippen molar-refractivity contribution in [2.45, 2.75) is 6.92 Å². The van der Waals surface area contributed by atoms with Gasteiger partial charge in [0.15, 0.2) is 5.76 Å². The standard InChI is InChI=1S/C19H14N2O2S/c1-12-20-16(11-24-12)14-7-3-4-8-15(14)21-19(22)18-10-13-6-2-5-9-17(13)23-18/h2-11H,1H3,(H,21,22). The van der Waals surface area contributed by atoms with Crippen LogP contribution in [-0.4, -0.2) is 10.9 Å². The number of furan rings is 1. The van der Waals surface area contributed by atoms with E-state index in [2.05, 4.69) is 10.3 Å². The normalized spacial score (nSPS) is 10.9. The number of nitrogens with zero attached hydrogens (tertiary/aromatic N) is 1. The van der Waals surface area contributed by atoms with Crippen LogP contribution in [0.2, 0.25) is 0 Å². The number of amides is 1. The van der Waals surface area contributed by atoms with Crippen molar-refractivity contribution in [3.63, 3.8) is 0 Å². The number of benzene rings is 2. The van der Waals surface area contributed by atoms with Crippen LogP contribution in [0.5, 0.6) is 0 Å². The summed E-state index contributed by atoms with van der Waals surface area (Å²) in [7, 11) is 0. The molecule has 2 aromatic heterocycles. The topological polar surface area (TPSA) is 55.1 Å². The number of carbonyl (C=O) groups excluding carboxylic acids is 1. The molecule has 4 nitrogen and oxygen atoms in total. The van der Waals surface area contributed by atoms with E-state index in [0.717, 1.165) is 21.7 Å². The minimum atomic E-state index is -0.273. The summed E-state index contributed by atoms with van der Waals surface area (Å²) < 4.78 is 5.63. The summed E-state index contributed by atoms with van der Waals surface area (Å²) in [6, 6.07) is 16.9. The van der Waals surface area contributed by atoms with E-state index in [9.17, 15) is 4.79 Å². The van der Waals surface area contributed by atoms with Crippen LogP contribution < -0.4 is 5.32 Å². The first-order valence-electron chi connectivity index (χ1n) is 7.52. The lowest BCUT2D eigenvalue weighted by Gasteiger charge is -2.08. The second-order valence-electron chi connectivity index (χ2n) is 5.40. The molecule has 0 aliphatic heterocycles. The van der Waals surface area contributed by atoms with Gasteiger partial charge >= 0.3 is 0 Å². The van der Waals surface area contributed by atoms with Crippen molar-refractivity contribution in [3.05, 3.63) is 70.7 Å². The van der Waals surface area contributed by atoms with Crippen molar-refractivity contribution in [2.75, 3.05) is 5.32 Å². The molecule has 0 saturated carbocycles. The van der Waals surface area contributed by atoms with E-state index < -0.39 is 0 Å². The molecule has 0 fully saturated rings. The van der Waals surface area contributed by atoms with Gasteiger partial charge in [-0.15, -0.1) is 11.3 Å². The third-order valence-corrected chi connectivity index (χ3v) is 4.49. The average Bonchev–Trinajstić information content (AvgIpc) is 3.21. The molecule has 0 aliphatic carbocycles. The van der Waals surface area contributed by atoms with E-state index in [0.29, 0.717) is 17.0 Å². The number of anilines is 1. The quantitative estimate of drug-likeness (QED) is 0.566. The smallest absolute Gasteiger partial charge is 0.291 e. The zero-order valence-corrected chi connectivity index (χ0v) is 13.8. The van der Waals surface area contributed by atoms with Gasteiger partial charge in [0.05, 0.1) is 16.4 Å². The fourth-order valence-corrected chi connectivity index (χ4v) is 3.19. The Morgan fingerprint density at radius 2 is 1.92 bits per heavy atom. The zero-order chi connectivity index (χ0) is 16.5. The Bertz CT molecular complexity index is 999. The third kappa shape index (κ3) is 2.70. The molecule has 5 heteroatoms. The van der Waals surface area contributed by atoms with Gasteiger partial charge in [-0.3, -0.25) is 4.79 Å². The number of rotatable bonds is 3. The van der Waals surface area contributed by atoms with Crippen LogP contribution in [0.4, 0.5) is 5.69 Å². The van der Waals surface area contributed by atoms with E-state index >= 15 is 0 Å². The van der Waals surface area contributed by atoms with Gasteiger partial charge in [-0.2, -0.15) is 0 Å². The molecule has 4 rings (SSSR count). The highest BCUT2D eigenvalue weighted by atomic mass is 32.1. The van der Waals surface area contributed by atoms with Crippen molar-refractivity contribution in [2.24, 2.45) is 0 Å². The highest BCUT2D eigenvalue weighted by molar-refractivity contribution is 7.09. The van der Waals surface area contributed by atoms with Crippen LogP contribution in [0, 0.1) is 6.92 Å². The summed E-state index contributed by atoms with van der Waals surface area (Å²) in [6.07, 6.45) is 0. The van der Waals surface area contributed by atoms with Gasteiger partial charge < -0.3 is 9.73 Å². The number of aryl methyl sites for hydroxylation is 1. The number of hydrogen-bond donors (Lipinski definition) is 1. The Labute approximate surface area is 142 Å². The van der Waals surface area contributed by atoms with Crippen LogP contribution in [0.3, 0.4) is 0 Å². The second kappa shape index (κ2) is 5.94. The van der Waals surface area contributed by atoms with Gasteiger partial charge in [-0.1, -0.05) is 36.4 Å². The lowest BCUT2D eigenvalue weighted by molar-refractivity contribution is 0.0999. The number of thiazole rings is 1. The van der Waals surface area contributed by atoms with Gasteiger partial charge in [-0.05, 0) is 25.1 Å². The summed E-state index contributed by atoms with van der Waals surface area (Å²) in [5, 5.41) is 6.81. The van der Waals surface area contributed by atoms with Crippen LogP contribution in [0.15, 0.2) is 64.4 Å². The van der Waals surface area contributed by atoms with Gasteiger partial charge in [0.1, 0.15) is 5.58 Å². The van der Waals surface area contributed by atoms with E-state index in [-0.39, 0.29) is 5.91 Å². The number of aromatic nitrogens is 1. The van der Waals surface area contributed by atoms with Crippen molar-refractivity contribution in [1.29, 1.82) is 0 Å². The Kier molecular flexibility index (Phi) is 3.63. The fraction of sp³-hybridized carbons (Fsp3) is 0.0526. The highest BCUT2D eigenvalue weighted by Gasteiger charge is 2.15. The van der Waals surface area contributed by atoms with Crippen molar-refractivity contribution in [3.8, 4) is 11.3 Å². The molecule has 2 aromatic carbocycles. The fourth-order valence-electron chi connectivity index (χ4n) is 2.58. The molecule has 24 heavy (non-hydrogen) atoms. The molecule has 1 amide bonds. The van der Waals surface area contributed by atoms with Crippen LogP contribution in [0.25, 0.3) is 22.2 Å². The summed E-state index contributed by atoms with van der Waals surface area (Å²) in [5.74, 6) is 0.0195. The molecule has 0 atom stereocenters. The molecule has 0 saturated heterocycles. The first-order chi connectivity index (χ1) is 11.7. The Morgan fingerprint density at radius 1 is 1.12 bits per heavy atom. The number of carbonyl (C=O) groups is 1. The molecule has 0 spiro atoms. The molecule has 4 aromatic rings. The second-order valence-corrected chi connectivity index (χ2v) is 6.46. The summed E-state index contributed by atoms with van der Waals surface area (Å²) in [5.41, 5.74) is 3.17. The molecule has 2 heterocycles. The van der Waals surface area contributed by atoms with Crippen LogP contribution in [-0.2, 0) is 0 Å². The number of para-hydroxylation sites is 2. The Morgan fingerprint density at radius 3 is 2.71 bits per heavy atom. The first kappa shape index (κ1) is 14.7. The molecule has 0 aliphatic rings. The molecule has 0 bridgehead atoms. The van der Waals surface area contributed by atoms with E-state index in [1.165, 1.54) is 0 Å². The average molecular weight is 334 g/mol. The largest absolute Gasteiger partial charge is 0.451 e. The molecule has 0 unspecified atom stereocenters. The summed E-state index contributed by atoms with van der Waals surface area (Å²) >= 11 is 1.58. The lowest BCUT2D eigenvalue weighted by Crippen LogP contribution is -2.11. The first-order valence-corrected chi connectivity index (χ1v) is 8.40. The van der Waals surface area contributed by atoms with E-state index in [1.54, 1.807) is 17.4 Å². The molecular weight excluding hydrogens is 320 g/mol. The molecule has 1 N–H and O–H groups in total. The highest BCUT2D eigenvalue weighted by Crippen LogP contribution is 2.29. The number of fused-ring (bicyclic) bond motifs is 1. The molecule has 118 valence electrons. The van der Waals surface area contributed by atoms with Gasteiger partial charge in [0.25, 0.3) is 5.91 Å². The van der Waals surface area contributed by atoms with Crippen LogP contribution in [0.1, 0.15) is 15.6 Å². The summed E-state index contributed by atoms with van der Waals surface area (Å²) in [6.45, 7) is 1.96.